The fourth-order valence-electron chi connectivity index (χ4n) is 1.89. The van der Waals surface area contributed by atoms with E-state index in [1.54, 1.807) is 0 Å². The molecule has 0 spiro atoms. The van der Waals surface area contributed by atoms with Crippen LogP contribution in [-0.4, -0.2) is 47.6 Å². The van der Waals surface area contributed by atoms with E-state index in [2.05, 4.69) is 0 Å². The Hall–Kier alpha value is -0.950. The van der Waals surface area contributed by atoms with Gasteiger partial charge < -0.3 is 25.4 Å². The van der Waals surface area contributed by atoms with Gasteiger partial charge in [0, 0.05) is 24.0 Å². The van der Waals surface area contributed by atoms with E-state index < -0.39 is 6.10 Å². The summed E-state index contributed by atoms with van der Waals surface area (Å²) in [6.45, 7) is 1.11. The molecular weight excluding hydrogens is 278 g/mol. The van der Waals surface area contributed by atoms with Gasteiger partial charge >= 0.3 is 0 Å². The molecule has 0 saturated carbocycles. The van der Waals surface area contributed by atoms with Crippen LogP contribution in [0, 0.1) is 0 Å². The Morgan fingerprint density at radius 1 is 1.20 bits per heavy atom. The van der Waals surface area contributed by atoms with Gasteiger partial charge in [-0.25, -0.2) is 0 Å². The summed E-state index contributed by atoms with van der Waals surface area (Å²) >= 11 is 1.52. The van der Waals surface area contributed by atoms with Crippen LogP contribution in [0.5, 0.6) is 11.5 Å². The van der Waals surface area contributed by atoms with Crippen molar-refractivity contribution in [1.82, 2.24) is 0 Å². The van der Waals surface area contributed by atoms with Crippen molar-refractivity contribution in [2.24, 2.45) is 5.73 Å². The highest BCUT2D eigenvalue weighted by Gasteiger charge is 2.14. The van der Waals surface area contributed by atoms with E-state index in [1.165, 1.54) is 11.8 Å². The molecule has 1 aromatic carbocycles. The van der Waals surface area contributed by atoms with E-state index in [0.29, 0.717) is 24.7 Å². The Morgan fingerprint density at radius 3 is 2.70 bits per heavy atom. The number of aliphatic hydroxyl groups is 2. The lowest BCUT2D eigenvalue weighted by Gasteiger charge is -2.15. The number of nitrogens with two attached hydrogens (primary N) is 1. The summed E-state index contributed by atoms with van der Waals surface area (Å²) in [6, 6.07) is 5.63. The zero-order valence-electron chi connectivity index (χ0n) is 11.3. The van der Waals surface area contributed by atoms with Crippen molar-refractivity contribution in [1.29, 1.82) is 0 Å². The first kappa shape index (κ1) is 15.4. The number of hydrogen-bond acceptors (Lipinski definition) is 6. The quantitative estimate of drug-likeness (QED) is 0.725. The minimum atomic E-state index is -0.684. The number of hydrogen-bond donors (Lipinski definition) is 3. The third kappa shape index (κ3) is 4.28. The number of rotatable bonds is 6. The Kier molecular flexibility index (Phi) is 5.97. The summed E-state index contributed by atoms with van der Waals surface area (Å²) in [5, 5.41) is 18.0. The fourth-order valence-corrected chi connectivity index (χ4v) is 2.85. The van der Waals surface area contributed by atoms with E-state index in [4.69, 9.17) is 20.3 Å². The molecule has 2 rings (SSSR count). The Balaban J connectivity index is 1.93. The van der Waals surface area contributed by atoms with Gasteiger partial charge in [0.25, 0.3) is 0 Å². The summed E-state index contributed by atoms with van der Waals surface area (Å²) in [5.74, 6) is 2.67. The predicted molar refractivity (Wildman–Crippen MR) is 79.4 cm³/mol. The van der Waals surface area contributed by atoms with Gasteiger partial charge in [-0.05, 0) is 17.7 Å². The van der Waals surface area contributed by atoms with Crippen LogP contribution < -0.4 is 15.2 Å². The normalized spacial score (nSPS) is 17.4. The van der Waals surface area contributed by atoms with Gasteiger partial charge in [0.2, 0.25) is 0 Å². The van der Waals surface area contributed by atoms with Gasteiger partial charge in [-0.2, -0.15) is 11.8 Å². The molecule has 4 N–H and O–H groups in total. The van der Waals surface area contributed by atoms with Crippen molar-refractivity contribution >= 4 is 11.8 Å². The van der Waals surface area contributed by atoms with Crippen molar-refractivity contribution < 1.29 is 19.7 Å². The molecule has 0 fully saturated rings. The predicted octanol–water partition coefficient (Wildman–Crippen LogP) is 0.934. The molecule has 1 heterocycles. The highest BCUT2D eigenvalue weighted by molar-refractivity contribution is 7.99. The number of benzene rings is 1. The molecule has 0 saturated heterocycles. The molecule has 0 aromatic heterocycles. The minimum Gasteiger partial charge on any atom is -0.490 e. The first-order valence-corrected chi connectivity index (χ1v) is 7.88. The molecule has 0 radical (unpaired) electrons. The molecule has 1 aliphatic heterocycles. The first-order valence-electron chi connectivity index (χ1n) is 6.72. The molecule has 20 heavy (non-hydrogen) atoms. The maximum atomic E-state index is 9.28. The standard InChI is InChI=1S/C14H21NO4S/c15-12(9-20-8-11(17)7-16)10-2-3-13-14(6-10)19-5-1-4-18-13/h2-3,6,11-12,16-17H,1,4-5,7-9,15H2. The second kappa shape index (κ2) is 7.73. The highest BCUT2D eigenvalue weighted by Crippen LogP contribution is 2.32. The van der Waals surface area contributed by atoms with Crippen LogP contribution in [0.3, 0.4) is 0 Å². The van der Waals surface area contributed by atoms with Crippen molar-refractivity contribution in [3.05, 3.63) is 23.8 Å². The summed E-state index contributed by atoms with van der Waals surface area (Å²) in [7, 11) is 0. The largest absolute Gasteiger partial charge is 0.490 e. The van der Waals surface area contributed by atoms with Crippen LogP contribution in [0.1, 0.15) is 18.0 Å². The van der Waals surface area contributed by atoms with Crippen LogP contribution in [0.15, 0.2) is 18.2 Å². The van der Waals surface area contributed by atoms with Gasteiger partial charge in [-0.15, -0.1) is 0 Å². The van der Waals surface area contributed by atoms with E-state index in [9.17, 15) is 5.11 Å². The molecule has 0 aliphatic carbocycles. The van der Waals surface area contributed by atoms with Crippen molar-refractivity contribution in [3.63, 3.8) is 0 Å². The monoisotopic (exact) mass is 299 g/mol. The number of aliphatic hydroxyl groups excluding tert-OH is 2. The number of fused-ring (bicyclic) bond motifs is 1. The van der Waals surface area contributed by atoms with E-state index in [-0.39, 0.29) is 12.6 Å². The first-order chi connectivity index (χ1) is 9.70. The highest BCUT2D eigenvalue weighted by atomic mass is 32.2. The SMILES string of the molecule is NC(CSCC(O)CO)c1ccc2c(c1)OCCCO2. The molecule has 0 amide bonds. The molecule has 0 bridgehead atoms. The van der Waals surface area contributed by atoms with E-state index in [1.807, 2.05) is 18.2 Å². The van der Waals surface area contributed by atoms with Crippen LogP contribution in [0.25, 0.3) is 0 Å². The van der Waals surface area contributed by atoms with Crippen molar-refractivity contribution in [3.8, 4) is 11.5 Å². The zero-order valence-corrected chi connectivity index (χ0v) is 12.1. The van der Waals surface area contributed by atoms with Gasteiger partial charge in [-0.1, -0.05) is 6.07 Å². The molecule has 1 aromatic rings. The maximum absolute atomic E-state index is 9.28. The Morgan fingerprint density at radius 2 is 1.95 bits per heavy atom. The zero-order chi connectivity index (χ0) is 14.4. The molecular formula is C14H21NO4S. The topological polar surface area (TPSA) is 84.9 Å². The number of thioether (sulfide) groups is 1. The molecule has 2 atom stereocenters. The van der Waals surface area contributed by atoms with Crippen LogP contribution in [-0.2, 0) is 0 Å². The smallest absolute Gasteiger partial charge is 0.161 e. The van der Waals surface area contributed by atoms with Gasteiger partial charge in [0.15, 0.2) is 11.5 Å². The molecule has 1 aliphatic rings. The molecule has 2 unspecified atom stereocenters. The van der Waals surface area contributed by atoms with Crippen LogP contribution in [0.2, 0.25) is 0 Å². The lowest BCUT2D eigenvalue weighted by Crippen LogP contribution is -2.18. The molecule has 112 valence electrons. The lowest BCUT2D eigenvalue weighted by atomic mass is 10.1. The van der Waals surface area contributed by atoms with Crippen molar-refractivity contribution in [2.45, 2.75) is 18.6 Å². The Bertz CT molecular complexity index is 430. The summed E-state index contributed by atoms with van der Waals surface area (Å²) in [5.41, 5.74) is 7.12. The van der Waals surface area contributed by atoms with Gasteiger partial charge in [0.1, 0.15) is 0 Å². The van der Waals surface area contributed by atoms with E-state index in [0.717, 1.165) is 23.5 Å². The summed E-state index contributed by atoms with van der Waals surface area (Å²) < 4.78 is 11.2. The second-order valence-corrected chi connectivity index (χ2v) is 5.81. The summed E-state index contributed by atoms with van der Waals surface area (Å²) in [6.07, 6.45) is 0.196. The van der Waals surface area contributed by atoms with Crippen LogP contribution >= 0.6 is 11.8 Å². The van der Waals surface area contributed by atoms with Gasteiger partial charge in [-0.3, -0.25) is 0 Å². The average Bonchev–Trinajstić information content (AvgIpc) is 2.71. The maximum Gasteiger partial charge on any atom is 0.161 e. The lowest BCUT2D eigenvalue weighted by molar-refractivity contribution is 0.113. The molecule has 5 nitrogen and oxygen atoms in total. The molecule has 6 heteroatoms. The third-order valence-corrected chi connectivity index (χ3v) is 4.23. The Labute approximate surface area is 123 Å². The van der Waals surface area contributed by atoms with E-state index >= 15 is 0 Å². The summed E-state index contributed by atoms with van der Waals surface area (Å²) in [4.78, 5) is 0. The average molecular weight is 299 g/mol. The second-order valence-electron chi connectivity index (χ2n) is 4.74. The van der Waals surface area contributed by atoms with Gasteiger partial charge in [0.05, 0.1) is 25.9 Å². The fraction of sp³-hybridized carbons (Fsp3) is 0.571. The van der Waals surface area contributed by atoms with Crippen molar-refractivity contribution in [2.75, 3.05) is 31.3 Å². The third-order valence-electron chi connectivity index (χ3n) is 3.02. The number of ether oxygens (including phenoxy) is 2. The minimum absolute atomic E-state index is 0.136. The van der Waals surface area contributed by atoms with Crippen LogP contribution in [0.4, 0.5) is 0 Å².